The maximum atomic E-state index is 13.5. The van der Waals surface area contributed by atoms with Crippen molar-refractivity contribution in [3.05, 3.63) is 98.0 Å². The van der Waals surface area contributed by atoms with E-state index < -0.39 is 18.1 Å². The summed E-state index contributed by atoms with van der Waals surface area (Å²) in [4.78, 5) is 32.7. The van der Waals surface area contributed by atoms with Gasteiger partial charge in [-0.25, -0.2) is 0 Å². The lowest BCUT2D eigenvalue weighted by Crippen LogP contribution is -2.58. The minimum absolute atomic E-state index is 0.111. The Labute approximate surface area is 239 Å². The van der Waals surface area contributed by atoms with Crippen molar-refractivity contribution in [2.45, 2.75) is 69.1 Å². The van der Waals surface area contributed by atoms with E-state index in [-0.39, 0.29) is 22.3 Å². The monoisotopic (exact) mass is 551 g/mol. The van der Waals surface area contributed by atoms with Crippen LogP contribution < -0.4 is 10.9 Å². The molecule has 8 rings (SSSR count). The molecule has 41 heavy (non-hydrogen) atoms. The van der Waals surface area contributed by atoms with Gasteiger partial charge in [0.2, 0.25) is 0 Å². The number of phenols is 1. The maximum absolute atomic E-state index is 13.5. The second-order valence-corrected chi connectivity index (χ2v) is 13.4. The number of nitrogens with zero attached hydrogens (tertiary/aromatic N) is 1. The Morgan fingerprint density at radius 3 is 2.78 bits per heavy atom. The van der Waals surface area contributed by atoms with Gasteiger partial charge in [-0.2, -0.15) is 0 Å². The van der Waals surface area contributed by atoms with E-state index in [1.165, 1.54) is 30.5 Å². The number of aliphatic hydroxyl groups is 1. The highest BCUT2D eigenvalue weighted by molar-refractivity contribution is 5.94. The predicted molar refractivity (Wildman–Crippen MR) is 155 cm³/mol. The molecule has 6 unspecified atom stereocenters. The number of aliphatic hydroxyl groups excluding tert-OH is 1. The van der Waals surface area contributed by atoms with Gasteiger partial charge < -0.3 is 20.5 Å². The van der Waals surface area contributed by atoms with E-state index in [4.69, 9.17) is 0 Å². The van der Waals surface area contributed by atoms with Crippen LogP contribution in [0.25, 0.3) is 0 Å². The molecule has 2 aromatic carbocycles. The highest BCUT2D eigenvalue weighted by Crippen LogP contribution is 2.60. The lowest BCUT2D eigenvalue weighted by Gasteiger charge is -2.49. The molecule has 1 amide bonds. The van der Waals surface area contributed by atoms with Crippen LogP contribution in [0.1, 0.15) is 69.2 Å². The molecule has 2 saturated carbocycles. The molecule has 0 bridgehead atoms. The van der Waals surface area contributed by atoms with Crippen molar-refractivity contribution in [1.29, 1.82) is 0 Å². The number of aromatic amines is 1. The van der Waals surface area contributed by atoms with Crippen molar-refractivity contribution in [2.75, 3.05) is 13.1 Å². The van der Waals surface area contributed by atoms with Crippen LogP contribution in [-0.4, -0.2) is 51.2 Å². The fourth-order valence-corrected chi connectivity index (χ4v) is 8.94. The van der Waals surface area contributed by atoms with Crippen LogP contribution in [0, 0.1) is 24.7 Å². The summed E-state index contributed by atoms with van der Waals surface area (Å²) in [6, 6.07) is 15.2. The third-order valence-corrected chi connectivity index (χ3v) is 11.0. The smallest absolute Gasteiger partial charge is 0.261 e. The highest BCUT2D eigenvalue weighted by Gasteiger charge is 2.62. The Balaban J connectivity index is 1.15. The molecule has 212 valence electrons. The number of H-pyrrole nitrogens is 1. The number of fused-ring (bicyclic) bond motifs is 5. The van der Waals surface area contributed by atoms with Gasteiger partial charge in [0.25, 0.3) is 11.5 Å². The summed E-state index contributed by atoms with van der Waals surface area (Å²) in [6.45, 7) is 4.43. The topological polar surface area (TPSA) is 106 Å². The number of benzene rings is 2. The average molecular weight is 552 g/mol. The Morgan fingerprint density at radius 2 is 1.95 bits per heavy atom. The molecule has 7 nitrogen and oxygen atoms in total. The predicted octanol–water partition coefficient (Wildman–Crippen LogP) is 3.54. The van der Waals surface area contributed by atoms with E-state index in [0.29, 0.717) is 30.7 Å². The zero-order valence-corrected chi connectivity index (χ0v) is 23.4. The molecule has 3 fully saturated rings. The molecule has 5 aliphatic rings. The van der Waals surface area contributed by atoms with Gasteiger partial charge in [0.1, 0.15) is 11.3 Å². The summed E-state index contributed by atoms with van der Waals surface area (Å²) in [5, 5.41) is 24.2. The SMILES string of the molecule is Cc1ccc(O)cc1C12Cc3[nH]c(=O)c(C(=O)NC4c5ccccc5CC4O)cc3CC1C1C(CN1CC1CC1)C2. The number of aromatic hydroxyl groups is 1. The van der Waals surface area contributed by atoms with Gasteiger partial charge in [-0.1, -0.05) is 30.3 Å². The number of aromatic nitrogens is 1. The van der Waals surface area contributed by atoms with Crippen LogP contribution in [0.5, 0.6) is 5.75 Å². The first-order valence-corrected chi connectivity index (χ1v) is 15.2. The molecule has 3 aromatic rings. The summed E-state index contributed by atoms with van der Waals surface area (Å²) in [5.41, 5.74) is 5.83. The third kappa shape index (κ3) is 3.92. The fraction of sp³-hybridized carbons (Fsp3) is 0.471. The van der Waals surface area contributed by atoms with Crippen LogP contribution in [0.4, 0.5) is 0 Å². The van der Waals surface area contributed by atoms with Gasteiger partial charge in [-0.3, -0.25) is 14.5 Å². The number of hydrogen-bond donors (Lipinski definition) is 4. The van der Waals surface area contributed by atoms with Crippen LogP contribution >= 0.6 is 0 Å². The molecule has 0 spiro atoms. The standard InChI is InChI=1S/C34H37N3O4/c1-18-6-9-23(38)13-26(18)34-14-22-17-37(16-19-7-8-19)31(22)27(34)11-21-10-25(32(40)35-28(21)15-34)33(41)36-30-24-5-3-2-4-20(24)12-29(30)39/h2-6,9-10,13,19,22,27,29-31,38-39H,7-8,11-12,14-17H2,1H3,(H,35,40)(H,36,41). The minimum atomic E-state index is -0.717. The quantitative estimate of drug-likeness (QED) is 0.388. The molecule has 7 heteroatoms. The molecule has 2 heterocycles. The first kappa shape index (κ1) is 25.3. The van der Waals surface area contributed by atoms with Crippen LogP contribution in [-0.2, 0) is 24.7 Å². The van der Waals surface area contributed by atoms with Crippen molar-refractivity contribution >= 4 is 5.91 Å². The summed E-state index contributed by atoms with van der Waals surface area (Å²) >= 11 is 0. The number of carbonyl (C=O) groups is 1. The van der Waals surface area contributed by atoms with E-state index in [1.54, 1.807) is 6.07 Å². The zero-order chi connectivity index (χ0) is 28.0. The summed E-state index contributed by atoms with van der Waals surface area (Å²) in [7, 11) is 0. The number of pyridine rings is 1. The maximum Gasteiger partial charge on any atom is 0.261 e. The van der Waals surface area contributed by atoms with Gasteiger partial charge in [-0.05, 0) is 103 Å². The Kier molecular flexibility index (Phi) is 5.58. The van der Waals surface area contributed by atoms with Gasteiger partial charge >= 0.3 is 0 Å². The van der Waals surface area contributed by atoms with E-state index in [2.05, 4.69) is 22.1 Å². The number of rotatable bonds is 5. The van der Waals surface area contributed by atoms with Crippen molar-refractivity contribution in [3.8, 4) is 5.75 Å². The molecule has 4 N–H and O–H groups in total. The average Bonchev–Trinajstić information content (AvgIpc) is 3.66. The number of phenolic OH excluding ortho intramolecular Hbond substituents is 1. The summed E-state index contributed by atoms with van der Waals surface area (Å²) in [5.74, 6) is 1.62. The molecule has 1 saturated heterocycles. The minimum Gasteiger partial charge on any atom is -0.508 e. The van der Waals surface area contributed by atoms with E-state index in [1.807, 2.05) is 42.5 Å². The molecular formula is C34H37N3O4. The number of aryl methyl sites for hydroxylation is 1. The van der Waals surface area contributed by atoms with Crippen molar-refractivity contribution in [1.82, 2.24) is 15.2 Å². The highest BCUT2D eigenvalue weighted by atomic mass is 16.3. The van der Waals surface area contributed by atoms with Crippen molar-refractivity contribution < 1.29 is 15.0 Å². The number of amides is 1. The van der Waals surface area contributed by atoms with Gasteiger partial charge in [-0.15, -0.1) is 0 Å². The van der Waals surface area contributed by atoms with Crippen molar-refractivity contribution in [2.24, 2.45) is 17.8 Å². The molecular weight excluding hydrogens is 514 g/mol. The van der Waals surface area contributed by atoms with Crippen molar-refractivity contribution in [3.63, 3.8) is 0 Å². The van der Waals surface area contributed by atoms with Crippen LogP contribution in [0.3, 0.4) is 0 Å². The molecule has 1 aliphatic heterocycles. The fourth-order valence-electron chi connectivity index (χ4n) is 8.94. The number of carbonyl (C=O) groups excluding carboxylic acids is 1. The number of hydrogen-bond acceptors (Lipinski definition) is 5. The normalized spacial score (nSPS) is 31.5. The van der Waals surface area contributed by atoms with Crippen LogP contribution in [0.15, 0.2) is 53.3 Å². The Hall–Kier alpha value is -3.42. The summed E-state index contributed by atoms with van der Waals surface area (Å²) < 4.78 is 0. The lowest BCUT2D eigenvalue weighted by molar-refractivity contribution is 0.00553. The number of nitrogens with one attached hydrogen (secondary N) is 2. The second-order valence-electron chi connectivity index (χ2n) is 13.4. The first-order chi connectivity index (χ1) is 19.8. The molecule has 6 atom stereocenters. The molecule has 1 aromatic heterocycles. The van der Waals surface area contributed by atoms with E-state index in [9.17, 15) is 19.8 Å². The van der Waals surface area contributed by atoms with Gasteiger partial charge in [0.05, 0.1) is 12.1 Å². The third-order valence-electron chi connectivity index (χ3n) is 11.0. The Morgan fingerprint density at radius 1 is 1.12 bits per heavy atom. The van der Waals surface area contributed by atoms with Gasteiger partial charge in [0, 0.05) is 36.7 Å². The molecule has 4 aliphatic carbocycles. The van der Waals surface area contributed by atoms with Crippen LogP contribution in [0.2, 0.25) is 0 Å². The first-order valence-electron chi connectivity index (χ1n) is 15.2. The summed E-state index contributed by atoms with van der Waals surface area (Å²) in [6.07, 6.45) is 4.98. The zero-order valence-electron chi connectivity index (χ0n) is 23.4. The molecule has 0 radical (unpaired) electrons. The second kappa shape index (κ2) is 9.04. The van der Waals surface area contributed by atoms with E-state index >= 15 is 0 Å². The van der Waals surface area contributed by atoms with Gasteiger partial charge in [0.15, 0.2) is 0 Å². The lowest BCUT2D eigenvalue weighted by atomic mass is 9.62. The number of likely N-dealkylation sites (tertiary alicyclic amines) is 1. The Bertz CT molecular complexity index is 1630. The van der Waals surface area contributed by atoms with E-state index in [0.717, 1.165) is 47.7 Å². The largest absolute Gasteiger partial charge is 0.508 e.